The molecule has 0 aliphatic rings. The summed E-state index contributed by atoms with van der Waals surface area (Å²) in [7, 11) is 0. The molecule has 0 unspecified atom stereocenters. The van der Waals surface area contributed by atoms with Gasteiger partial charge in [-0.15, -0.1) is 6.42 Å². The van der Waals surface area contributed by atoms with Gasteiger partial charge in [-0.05, 0) is 24.6 Å². The van der Waals surface area contributed by atoms with E-state index in [9.17, 15) is 9.59 Å². The standard InChI is InChI=1S/C13H14N2O3/c1-2-10-5-3-6-11(9-10)15-13(18)14-8-4-7-12(16)17/h1,3,5-6,9H,4,7-8H2,(H,16,17)(H2,14,15,18). The third-order valence-electron chi connectivity index (χ3n) is 2.14. The third kappa shape index (κ3) is 5.03. The Morgan fingerprint density at radius 2 is 2.17 bits per heavy atom. The Morgan fingerprint density at radius 3 is 2.83 bits per heavy atom. The van der Waals surface area contributed by atoms with Crippen molar-refractivity contribution < 1.29 is 14.7 Å². The van der Waals surface area contributed by atoms with Crippen LogP contribution in [0.3, 0.4) is 0 Å². The number of carbonyl (C=O) groups is 2. The van der Waals surface area contributed by atoms with Crippen LogP contribution >= 0.6 is 0 Å². The van der Waals surface area contributed by atoms with E-state index in [0.29, 0.717) is 24.2 Å². The largest absolute Gasteiger partial charge is 0.481 e. The van der Waals surface area contributed by atoms with E-state index >= 15 is 0 Å². The first kappa shape index (κ1) is 13.6. The van der Waals surface area contributed by atoms with Crippen LogP contribution in [0.25, 0.3) is 0 Å². The van der Waals surface area contributed by atoms with Crippen molar-refractivity contribution in [3.8, 4) is 12.3 Å². The zero-order chi connectivity index (χ0) is 13.4. The van der Waals surface area contributed by atoms with Crippen LogP contribution in [-0.2, 0) is 4.79 Å². The Kier molecular flexibility index (Phi) is 5.26. The maximum Gasteiger partial charge on any atom is 0.319 e. The van der Waals surface area contributed by atoms with Gasteiger partial charge in [0, 0.05) is 24.2 Å². The molecule has 1 rings (SSSR count). The average Bonchev–Trinajstić information content (AvgIpc) is 2.34. The summed E-state index contributed by atoms with van der Waals surface area (Å²) in [5.41, 5.74) is 1.28. The molecule has 94 valence electrons. The van der Waals surface area contributed by atoms with Gasteiger partial charge in [0.15, 0.2) is 0 Å². The minimum Gasteiger partial charge on any atom is -0.481 e. The summed E-state index contributed by atoms with van der Waals surface area (Å²) >= 11 is 0. The maximum absolute atomic E-state index is 11.4. The quantitative estimate of drug-likeness (QED) is 0.546. The van der Waals surface area contributed by atoms with Gasteiger partial charge in [-0.1, -0.05) is 12.0 Å². The topological polar surface area (TPSA) is 78.4 Å². The zero-order valence-corrected chi connectivity index (χ0v) is 9.77. The SMILES string of the molecule is C#Cc1cccc(NC(=O)NCCCC(=O)O)c1. The van der Waals surface area contributed by atoms with Gasteiger partial charge in [0.2, 0.25) is 0 Å². The lowest BCUT2D eigenvalue weighted by Crippen LogP contribution is -2.29. The second-order valence-corrected chi connectivity index (χ2v) is 3.60. The number of urea groups is 1. The maximum atomic E-state index is 11.4. The highest BCUT2D eigenvalue weighted by Crippen LogP contribution is 2.09. The van der Waals surface area contributed by atoms with Crippen LogP contribution in [0.15, 0.2) is 24.3 Å². The summed E-state index contributed by atoms with van der Waals surface area (Å²) in [4.78, 5) is 21.7. The van der Waals surface area contributed by atoms with Crippen LogP contribution in [0.4, 0.5) is 10.5 Å². The molecule has 0 saturated carbocycles. The first-order valence-corrected chi connectivity index (χ1v) is 5.45. The number of hydrogen-bond donors (Lipinski definition) is 3. The van der Waals surface area contributed by atoms with Gasteiger partial charge in [-0.3, -0.25) is 4.79 Å². The van der Waals surface area contributed by atoms with Gasteiger partial charge in [0.05, 0.1) is 0 Å². The van der Waals surface area contributed by atoms with Gasteiger partial charge in [0.1, 0.15) is 0 Å². The molecule has 5 nitrogen and oxygen atoms in total. The van der Waals surface area contributed by atoms with E-state index in [1.807, 2.05) is 0 Å². The lowest BCUT2D eigenvalue weighted by atomic mass is 10.2. The molecule has 0 saturated heterocycles. The molecular weight excluding hydrogens is 232 g/mol. The van der Waals surface area contributed by atoms with E-state index < -0.39 is 5.97 Å². The number of benzene rings is 1. The number of amides is 2. The van der Waals surface area contributed by atoms with E-state index in [1.165, 1.54) is 0 Å². The summed E-state index contributed by atoms with van der Waals surface area (Å²) < 4.78 is 0. The minimum absolute atomic E-state index is 0.0346. The Morgan fingerprint density at radius 1 is 1.39 bits per heavy atom. The van der Waals surface area contributed by atoms with E-state index in [1.54, 1.807) is 24.3 Å². The molecule has 2 amide bonds. The molecule has 5 heteroatoms. The number of hydrogen-bond acceptors (Lipinski definition) is 2. The zero-order valence-electron chi connectivity index (χ0n) is 9.77. The average molecular weight is 246 g/mol. The van der Waals surface area contributed by atoms with Crippen molar-refractivity contribution in [3.63, 3.8) is 0 Å². The van der Waals surface area contributed by atoms with Crippen molar-refractivity contribution in [1.29, 1.82) is 0 Å². The van der Waals surface area contributed by atoms with Crippen LogP contribution in [0.2, 0.25) is 0 Å². The third-order valence-corrected chi connectivity index (χ3v) is 2.14. The predicted molar refractivity (Wildman–Crippen MR) is 68.3 cm³/mol. The first-order chi connectivity index (χ1) is 8.61. The summed E-state index contributed by atoms with van der Waals surface area (Å²) in [6.07, 6.45) is 5.67. The number of aliphatic carboxylic acids is 1. The summed E-state index contributed by atoms with van der Waals surface area (Å²) in [6, 6.07) is 6.52. The van der Waals surface area contributed by atoms with E-state index in [4.69, 9.17) is 11.5 Å². The Labute approximate surface area is 105 Å². The summed E-state index contributed by atoms with van der Waals surface area (Å²) in [5, 5.41) is 13.6. The molecule has 0 aromatic heterocycles. The van der Waals surface area contributed by atoms with Crippen LogP contribution in [-0.4, -0.2) is 23.7 Å². The van der Waals surface area contributed by atoms with Crippen LogP contribution in [0.5, 0.6) is 0 Å². The van der Waals surface area contributed by atoms with Crippen molar-refractivity contribution in [1.82, 2.24) is 5.32 Å². The lowest BCUT2D eigenvalue weighted by molar-refractivity contribution is -0.137. The molecule has 0 atom stereocenters. The van der Waals surface area contributed by atoms with Crippen LogP contribution in [0.1, 0.15) is 18.4 Å². The van der Waals surface area contributed by atoms with Crippen molar-refractivity contribution in [2.45, 2.75) is 12.8 Å². The lowest BCUT2D eigenvalue weighted by Gasteiger charge is -2.07. The number of terminal acetylenes is 1. The van der Waals surface area contributed by atoms with Gasteiger partial charge >= 0.3 is 12.0 Å². The molecule has 18 heavy (non-hydrogen) atoms. The molecule has 1 aromatic carbocycles. The molecule has 3 N–H and O–H groups in total. The van der Waals surface area contributed by atoms with Crippen molar-refractivity contribution in [3.05, 3.63) is 29.8 Å². The molecule has 0 fully saturated rings. The monoisotopic (exact) mass is 246 g/mol. The smallest absolute Gasteiger partial charge is 0.319 e. The Bertz CT molecular complexity index is 477. The summed E-state index contributed by atoms with van der Waals surface area (Å²) in [6.45, 7) is 0.312. The number of nitrogens with one attached hydrogen (secondary N) is 2. The highest BCUT2D eigenvalue weighted by Gasteiger charge is 2.02. The second-order valence-electron chi connectivity index (χ2n) is 3.60. The van der Waals surface area contributed by atoms with Gasteiger partial charge in [-0.25, -0.2) is 4.79 Å². The first-order valence-electron chi connectivity index (χ1n) is 5.45. The van der Waals surface area contributed by atoms with Gasteiger partial charge < -0.3 is 15.7 Å². The molecule has 1 aromatic rings. The summed E-state index contributed by atoms with van der Waals surface area (Å²) in [5.74, 6) is 1.59. The van der Waals surface area contributed by atoms with Crippen LogP contribution < -0.4 is 10.6 Å². The number of rotatable bonds is 5. The molecule has 0 radical (unpaired) electrons. The fraction of sp³-hybridized carbons (Fsp3) is 0.231. The highest BCUT2D eigenvalue weighted by molar-refractivity contribution is 5.89. The Balaban J connectivity index is 2.35. The molecule has 0 aliphatic heterocycles. The molecule has 0 spiro atoms. The molecular formula is C13H14N2O3. The van der Waals surface area contributed by atoms with Gasteiger partial charge in [0.25, 0.3) is 0 Å². The van der Waals surface area contributed by atoms with Gasteiger partial charge in [-0.2, -0.15) is 0 Å². The van der Waals surface area contributed by atoms with Crippen molar-refractivity contribution >= 4 is 17.7 Å². The van der Waals surface area contributed by atoms with Crippen molar-refractivity contribution in [2.24, 2.45) is 0 Å². The molecule has 0 aliphatic carbocycles. The fourth-order valence-electron chi connectivity index (χ4n) is 1.30. The second kappa shape index (κ2) is 6.97. The predicted octanol–water partition coefficient (Wildman–Crippen LogP) is 1.65. The van der Waals surface area contributed by atoms with Crippen LogP contribution in [0, 0.1) is 12.3 Å². The normalized spacial score (nSPS) is 9.28. The highest BCUT2D eigenvalue weighted by atomic mass is 16.4. The molecule has 0 heterocycles. The number of carboxylic acid groups (broad SMARTS) is 1. The van der Waals surface area contributed by atoms with E-state index in [2.05, 4.69) is 16.6 Å². The van der Waals surface area contributed by atoms with Crippen molar-refractivity contribution in [2.75, 3.05) is 11.9 Å². The number of carboxylic acids is 1. The van der Waals surface area contributed by atoms with E-state index in [-0.39, 0.29) is 12.5 Å². The molecule has 0 bridgehead atoms. The number of anilines is 1. The van der Waals surface area contributed by atoms with E-state index in [0.717, 1.165) is 0 Å². The fourth-order valence-corrected chi connectivity index (χ4v) is 1.30. The Hall–Kier alpha value is -2.48. The minimum atomic E-state index is -0.876. The number of carbonyl (C=O) groups excluding carboxylic acids is 1.